The molecule has 2 rings (SSSR count). The van der Waals surface area contributed by atoms with Gasteiger partial charge in [-0.15, -0.1) is 0 Å². The van der Waals surface area contributed by atoms with Crippen molar-refractivity contribution >= 4 is 17.3 Å². The fourth-order valence-corrected chi connectivity index (χ4v) is 1.63. The smallest absolute Gasteiger partial charge is 0.258 e. The predicted octanol–water partition coefficient (Wildman–Crippen LogP) is 2.55. The van der Waals surface area contributed by atoms with Crippen molar-refractivity contribution in [3.05, 3.63) is 60.2 Å². The van der Waals surface area contributed by atoms with Crippen molar-refractivity contribution in [1.29, 1.82) is 0 Å². The van der Waals surface area contributed by atoms with Gasteiger partial charge in [0.15, 0.2) is 0 Å². The molecule has 3 heteroatoms. The van der Waals surface area contributed by atoms with E-state index < -0.39 is 0 Å². The van der Waals surface area contributed by atoms with E-state index in [9.17, 15) is 4.79 Å². The Morgan fingerprint density at radius 1 is 1.06 bits per heavy atom. The number of nitrogen functional groups attached to an aromatic ring is 1. The molecule has 0 atom stereocenters. The highest BCUT2D eigenvalue weighted by Crippen LogP contribution is 2.18. The number of carbonyl (C=O) groups excluding carboxylic acids is 1. The van der Waals surface area contributed by atoms with Crippen LogP contribution in [-0.4, -0.2) is 13.0 Å². The van der Waals surface area contributed by atoms with Gasteiger partial charge in [-0.1, -0.05) is 24.3 Å². The van der Waals surface area contributed by atoms with Gasteiger partial charge >= 0.3 is 0 Å². The van der Waals surface area contributed by atoms with Gasteiger partial charge in [0.05, 0.1) is 0 Å². The number of carbonyl (C=O) groups is 1. The summed E-state index contributed by atoms with van der Waals surface area (Å²) in [6.45, 7) is 0. The number of hydrogen-bond acceptors (Lipinski definition) is 2. The number of hydrogen-bond donors (Lipinski definition) is 1. The molecular formula is C14H14N2O. The summed E-state index contributed by atoms with van der Waals surface area (Å²) in [7, 11) is 1.74. The second-order valence-electron chi connectivity index (χ2n) is 3.83. The van der Waals surface area contributed by atoms with Crippen LogP contribution in [0.3, 0.4) is 0 Å². The first kappa shape index (κ1) is 11.2. The minimum atomic E-state index is -0.0452. The van der Waals surface area contributed by atoms with Gasteiger partial charge in [0, 0.05) is 24.0 Å². The molecule has 0 radical (unpaired) electrons. The summed E-state index contributed by atoms with van der Waals surface area (Å²) in [5.41, 5.74) is 7.80. The zero-order valence-electron chi connectivity index (χ0n) is 9.63. The molecule has 0 aliphatic rings. The molecule has 0 spiro atoms. The van der Waals surface area contributed by atoms with Crippen LogP contribution in [0.2, 0.25) is 0 Å². The second kappa shape index (κ2) is 4.70. The van der Waals surface area contributed by atoms with E-state index in [0.717, 1.165) is 5.69 Å². The van der Waals surface area contributed by atoms with Crippen LogP contribution in [0, 0.1) is 0 Å². The van der Waals surface area contributed by atoms with Gasteiger partial charge < -0.3 is 10.6 Å². The molecule has 86 valence electrons. The maximum absolute atomic E-state index is 12.1. The number of nitrogens with zero attached hydrogens (tertiary/aromatic N) is 1. The molecule has 0 aromatic heterocycles. The zero-order valence-corrected chi connectivity index (χ0v) is 9.63. The highest BCUT2D eigenvalue weighted by Gasteiger charge is 2.12. The van der Waals surface area contributed by atoms with Crippen molar-refractivity contribution in [1.82, 2.24) is 0 Å². The minimum Gasteiger partial charge on any atom is -0.399 e. The van der Waals surface area contributed by atoms with Gasteiger partial charge in [-0.3, -0.25) is 4.79 Å². The van der Waals surface area contributed by atoms with Crippen LogP contribution < -0.4 is 10.6 Å². The number of amides is 1. The van der Waals surface area contributed by atoms with Crippen LogP contribution in [0.25, 0.3) is 0 Å². The fraction of sp³-hybridized carbons (Fsp3) is 0.0714. The molecule has 0 bridgehead atoms. The van der Waals surface area contributed by atoms with Crippen molar-refractivity contribution in [2.75, 3.05) is 17.7 Å². The average molecular weight is 226 g/mol. The largest absolute Gasteiger partial charge is 0.399 e. The molecule has 0 unspecified atom stereocenters. The van der Waals surface area contributed by atoms with Gasteiger partial charge in [0.2, 0.25) is 0 Å². The zero-order chi connectivity index (χ0) is 12.3. The van der Waals surface area contributed by atoms with Crippen molar-refractivity contribution in [3.63, 3.8) is 0 Å². The van der Waals surface area contributed by atoms with E-state index >= 15 is 0 Å². The molecular weight excluding hydrogens is 212 g/mol. The molecule has 0 saturated carbocycles. The van der Waals surface area contributed by atoms with E-state index in [1.165, 1.54) is 0 Å². The Balaban J connectivity index is 2.27. The van der Waals surface area contributed by atoms with E-state index in [4.69, 9.17) is 5.73 Å². The predicted molar refractivity (Wildman–Crippen MR) is 70.0 cm³/mol. The molecule has 2 N–H and O–H groups in total. The summed E-state index contributed by atoms with van der Waals surface area (Å²) < 4.78 is 0. The topological polar surface area (TPSA) is 46.3 Å². The molecule has 0 aliphatic carbocycles. The lowest BCUT2D eigenvalue weighted by atomic mass is 10.2. The summed E-state index contributed by atoms with van der Waals surface area (Å²) in [6, 6.07) is 16.4. The van der Waals surface area contributed by atoms with Gasteiger partial charge in [0.1, 0.15) is 0 Å². The molecule has 2 aromatic carbocycles. The molecule has 2 aromatic rings. The van der Waals surface area contributed by atoms with E-state index in [0.29, 0.717) is 11.3 Å². The Labute approximate surface area is 100 Å². The molecule has 1 amide bonds. The molecule has 17 heavy (non-hydrogen) atoms. The summed E-state index contributed by atoms with van der Waals surface area (Å²) in [5.74, 6) is -0.0452. The molecule has 0 fully saturated rings. The van der Waals surface area contributed by atoms with Gasteiger partial charge in [-0.05, 0) is 30.3 Å². The average Bonchev–Trinajstić information content (AvgIpc) is 2.38. The standard InChI is InChI=1S/C14H14N2O/c1-16(13-9-5-8-12(15)10-13)14(17)11-6-3-2-4-7-11/h2-10H,15H2,1H3. The van der Waals surface area contributed by atoms with Crippen molar-refractivity contribution in [3.8, 4) is 0 Å². The van der Waals surface area contributed by atoms with Crippen LogP contribution >= 0.6 is 0 Å². The third kappa shape index (κ3) is 2.45. The van der Waals surface area contributed by atoms with Crippen LogP contribution in [0.5, 0.6) is 0 Å². The van der Waals surface area contributed by atoms with Crippen LogP contribution in [0.15, 0.2) is 54.6 Å². The first-order valence-corrected chi connectivity index (χ1v) is 5.37. The van der Waals surface area contributed by atoms with Gasteiger partial charge in [-0.2, -0.15) is 0 Å². The van der Waals surface area contributed by atoms with E-state index in [-0.39, 0.29) is 5.91 Å². The molecule has 3 nitrogen and oxygen atoms in total. The quantitative estimate of drug-likeness (QED) is 0.800. The SMILES string of the molecule is CN(C(=O)c1ccccc1)c1cccc(N)c1. The third-order valence-corrected chi connectivity index (χ3v) is 2.58. The lowest BCUT2D eigenvalue weighted by Crippen LogP contribution is -2.26. The first-order valence-electron chi connectivity index (χ1n) is 5.37. The number of benzene rings is 2. The maximum atomic E-state index is 12.1. The lowest BCUT2D eigenvalue weighted by Gasteiger charge is -2.17. The van der Waals surface area contributed by atoms with Crippen LogP contribution in [0.4, 0.5) is 11.4 Å². The number of anilines is 2. The van der Waals surface area contributed by atoms with Crippen LogP contribution in [-0.2, 0) is 0 Å². The number of nitrogens with two attached hydrogens (primary N) is 1. The molecule has 0 saturated heterocycles. The maximum Gasteiger partial charge on any atom is 0.258 e. The minimum absolute atomic E-state index is 0.0452. The van der Waals surface area contributed by atoms with Crippen molar-refractivity contribution in [2.45, 2.75) is 0 Å². The fourth-order valence-electron chi connectivity index (χ4n) is 1.63. The van der Waals surface area contributed by atoms with Crippen molar-refractivity contribution in [2.24, 2.45) is 0 Å². The lowest BCUT2D eigenvalue weighted by molar-refractivity contribution is 0.0993. The van der Waals surface area contributed by atoms with Gasteiger partial charge in [0.25, 0.3) is 5.91 Å². The Kier molecular flexibility index (Phi) is 3.10. The molecule has 0 aliphatic heterocycles. The first-order chi connectivity index (χ1) is 8.18. The summed E-state index contributed by atoms with van der Waals surface area (Å²) in [6.07, 6.45) is 0. The van der Waals surface area contributed by atoms with Crippen LogP contribution in [0.1, 0.15) is 10.4 Å². The Hall–Kier alpha value is -2.29. The monoisotopic (exact) mass is 226 g/mol. The Morgan fingerprint density at radius 2 is 1.76 bits per heavy atom. The summed E-state index contributed by atoms with van der Waals surface area (Å²) in [5, 5.41) is 0. The Bertz CT molecular complexity index is 523. The molecule has 0 heterocycles. The summed E-state index contributed by atoms with van der Waals surface area (Å²) >= 11 is 0. The van der Waals surface area contributed by atoms with E-state index in [1.807, 2.05) is 30.3 Å². The normalized spacial score (nSPS) is 9.94. The van der Waals surface area contributed by atoms with Crippen molar-refractivity contribution < 1.29 is 4.79 Å². The van der Waals surface area contributed by atoms with E-state index in [2.05, 4.69) is 0 Å². The van der Waals surface area contributed by atoms with Gasteiger partial charge in [-0.25, -0.2) is 0 Å². The highest BCUT2D eigenvalue weighted by molar-refractivity contribution is 6.05. The van der Waals surface area contributed by atoms with E-state index in [1.54, 1.807) is 36.2 Å². The summed E-state index contributed by atoms with van der Waals surface area (Å²) in [4.78, 5) is 13.7. The second-order valence-corrected chi connectivity index (χ2v) is 3.83. The Morgan fingerprint density at radius 3 is 2.41 bits per heavy atom. The number of rotatable bonds is 2. The highest BCUT2D eigenvalue weighted by atomic mass is 16.2. The third-order valence-electron chi connectivity index (χ3n) is 2.58.